The molecule has 0 aliphatic carbocycles. The number of hydrogen-bond donors (Lipinski definition) is 0. The summed E-state index contributed by atoms with van der Waals surface area (Å²) in [5, 5.41) is 13.5. The van der Waals surface area contributed by atoms with Crippen LogP contribution in [0.3, 0.4) is 0 Å². The molecule has 9 heteroatoms. The Morgan fingerprint density at radius 2 is 2.39 bits per heavy atom. The Labute approximate surface area is 132 Å². The van der Waals surface area contributed by atoms with Crippen molar-refractivity contribution < 1.29 is 14.6 Å². The van der Waals surface area contributed by atoms with Gasteiger partial charge in [0.15, 0.2) is 5.03 Å². The fourth-order valence-electron chi connectivity index (χ4n) is 2.83. The highest BCUT2D eigenvalue weighted by atomic mass is 16.7. The van der Waals surface area contributed by atoms with E-state index in [0.29, 0.717) is 44.3 Å². The predicted octanol–water partition coefficient (Wildman–Crippen LogP) is 0.424. The van der Waals surface area contributed by atoms with Crippen molar-refractivity contribution >= 4 is 11.9 Å². The zero-order chi connectivity index (χ0) is 16.2. The molecule has 2 aliphatic heterocycles. The number of pyridine rings is 1. The molecule has 0 spiro atoms. The Kier molecular flexibility index (Phi) is 4.47. The van der Waals surface area contributed by atoms with Crippen LogP contribution < -0.4 is 0 Å². The van der Waals surface area contributed by atoms with Gasteiger partial charge in [0.1, 0.15) is 5.10 Å². The summed E-state index contributed by atoms with van der Waals surface area (Å²) in [5.41, 5.74) is 0.384. The Hall–Kier alpha value is -2.55. The molecule has 2 fully saturated rings. The lowest BCUT2D eigenvalue weighted by atomic mass is 10.1. The van der Waals surface area contributed by atoms with Crippen LogP contribution in [0.5, 0.6) is 0 Å². The first-order valence-electron chi connectivity index (χ1n) is 7.42. The number of carbonyl (C=O) groups excluding carboxylic acids is 1. The van der Waals surface area contributed by atoms with E-state index in [1.165, 1.54) is 11.1 Å². The molecular weight excluding hydrogens is 302 g/mol. The van der Waals surface area contributed by atoms with Gasteiger partial charge < -0.3 is 9.64 Å². The predicted molar refractivity (Wildman–Crippen MR) is 80.2 cm³/mol. The largest absolute Gasteiger partial charge is 0.381 e. The fourth-order valence-corrected chi connectivity index (χ4v) is 2.83. The van der Waals surface area contributed by atoms with E-state index in [1.807, 2.05) is 0 Å². The van der Waals surface area contributed by atoms with Crippen molar-refractivity contribution in [2.24, 2.45) is 11.0 Å². The Morgan fingerprint density at radius 1 is 1.52 bits per heavy atom. The van der Waals surface area contributed by atoms with Crippen LogP contribution in [0.15, 0.2) is 29.6 Å². The first-order valence-corrected chi connectivity index (χ1v) is 7.42. The van der Waals surface area contributed by atoms with Gasteiger partial charge in [-0.1, -0.05) is 0 Å². The van der Waals surface area contributed by atoms with Crippen LogP contribution in [-0.4, -0.2) is 64.5 Å². The quantitative estimate of drug-likeness (QED) is 0.589. The molecule has 3 heterocycles. The van der Waals surface area contributed by atoms with Crippen LogP contribution in [-0.2, 0) is 4.74 Å². The van der Waals surface area contributed by atoms with E-state index in [1.54, 1.807) is 23.2 Å². The molecule has 1 aromatic rings. The maximum absolute atomic E-state index is 12.6. The number of hydrogen-bond acceptors (Lipinski definition) is 5. The van der Waals surface area contributed by atoms with Crippen molar-refractivity contribution in [2.75, 3.05) is 32.8 Å². The van der Waals surface area contributed by atoms with Crippen molar-refractivity contribution in [3.63, 3.8) is 0 Å². The molecule has 2 saturated heterocycles. The van der Waals surface area contributed by atoms with E-state index >= 15 is 0 Å². The number of nitrogens with zero attached hydrogens (tertiary/aromatic N) is 5. The zero-order valence-corrected chi connectivity index (χ0v) is 12.5. The van der Waals surface area contributed by atoms with Crippen LogP contribution in [0.1, 0.15) is 16.8 Å². The van der Waals surface area contributed by atoms with Gasteiger partial charge in [0.05, 0.1) is 12.2 Å². The minimum Gasteiger partial charge on any atom is -0.381 e. The van der Waals surface area contributed by atoms with E-state index in [4.69, 9.17) is 4.74 Å². The van der Waals surface area contributed by atoms with Crippen molar-refractivity contribution in [2.45, 2.75) is 6.42 Å². The summed E-state index contributed by atoms with van der Waals surface area (Å²) in [6, 6.07) is 3.29. The summed E-state index contributed by atoms with van der Waals surface area (Å²) in [4.78, 5) is 30.5. The first kappa shape index (κ1) is 15.3. The van der Waals surface area contributed by atoms with E-state index in [0.717, 1.165) is 6.42 Å². The highest BCUT2D eigenvalue weighted by molar-refractivity contribution is 6.06. The third-order valence-electron chi connectivity index (χ3n) is 3.95. The second-order valence-electron chi connectivity index (χ2n) is 5.51. The van der Waals surface area contributed by atoms with Crippen LogP contribution in [0.4, 0.5) is 0 Å². The second-order valence-corrected chi connectivity index (χ2v) is 5.51. The molecule has 3 rings (SSSR count). The molecule has 23 heavy (non-hydrogen) atoms. The minimum absolute atomic E-state index is 0.0933. The molecule has 0 radical (unpaired) electrons. The zero-order valence-electron chi connectivity index (χ0n) is 12.5. The highest BCUT2D eigenvalue weighted by Gasteiger charge is 2.36. The molecule has 122 valence electrons. The maximum Gasteiger partial charge on any atom is 0.281 e. The van der Waals surface area contributed by atoms with Gasteiger partial charge >= 0.3 is 0 Å². The number of guanidine groups is 1. The number of carbonyl (C=O) groups is 1. The minimum atomic E-state index is -0.762. The molecule has 1 amide bonds. The third kappa shape index (κ3) is 3.45. The summed E-state index contributed by atoms with van der Waals surface area (Å²) in [7, 11) is 0. The van der Waals surface area contributed by atoms with Gasteiger partial charge in [0.2, 0.25) is 0 Å². The van der Waals surface area contributed by atoms with Crippen LogP contribution in [0.25, 0.3) is 0 Å². The molecular formula is C14H17N5O4. The Balaban J connectivity index is 1.79. The first-order chi connectivity index (χ1) is 11.1. The van der Waals surface area contributed by atoms with E-state index in [9.17, 15) is 14.9 Å². The summed E-state index contributed by atoms with van der Waals surface area (Å²) < 4.78 is 5.34. The summed E-state index contributed by atoms with van der Waals surface area (Å²) in [6.07, 6.45) is 3.93. The molecule has 1 unspecified atom stereocenters. The van der Waals surface area contributed by atoms with Gasteiger partial charge in [0.25, 0.3) is 11.9 Å². The third-order valence-corrected chi connectivity index (χ3v) is 3.95. The van der Waals surface area contributed by atoms with Gasteiger partial charge in [-0.05, 0) is 18.6 Å². The number of ether oxygens (including phenoxy) is 1. The van der Waals surface area contributed by atoms with Gasteiger partial charge in [-0.3, -0.25) is 14.7 Å². The normalized spacial score (nSPS) is 22.8. The lowest BCUT2D eigenvalue weighted by molar-refractivity contribution is -0.486. The molecule has 0 N–H and O–H groups in total. The maximum atomic E-state index is 12.6. The number of nitro groups is 1. The van der Waals surface area contributed by atoms with E-state index < -0.39 is 5.03 Å². The Bertz CT molecular complexity index is 615. The SMILES string of the molecule is O=C(c1cccnc1)N1CCN(CC2CCOC2)C1=N[N+](=O)[O-]. The van der Waals surface area contributed by atoms with Gasteiger partial charge in [-0.2, -0.15) is 0 Å². The lowest BCUT2D eigenvalue weighted by Gasteiger charge is -2.21. The van der Waals surface area contributed by atoms with Crippen molar-refractivity contribution in [3.05, 3.63) is 40.2 Å². The summed E-state index contributed by atoms with van der Waals surface area (Å²) >= 11 is 0. The molecule has 0 aromatic carbocycles. The fraction of sp³-hybridized carbons (Fsp3) is 0.500. The van der Waals surface area contributed by atoms with Crippen LogP contribution in [0, 0.1) is 16.0 Å². The standard InChI is InChI=1S/C14H17N5O4/c20-13(12-2-1-4-15-8-12)18-6-5-17(14(18)16-19(21)22)9-11-3-7-23-10-11/h1-2,4,8,11H,3,5-7,9-10H2. The topological polar surface area (TPSA) is 101 Å². The van der Waals surface area contributed by atoms with Crippen molar-refractivity contribution in [3.8, 4) is 0 Å². The van der Waals surface area contributed by atoms with Crippen molar-refractivity contribution in [1.29, 1.82) is 0 Å². The van der Waals surface area contributed by atoms with Crippen LogP contribution in [0.2, 0.25) is 0 Å². The molecule has 9 nitrogen and oxygen atoms in total. The number of rotatable bonds is 4. The Morgan fingerprint density at radius 3 is 3.04 bits per heavy atom. The molecule has 1 atom stereocenters. The highest BCUT2D eigenvalue weighted by Crippen LogP contribution is 2.19. The van der Waals surface area contributed by atoms with Gasteiger partial charge in [-0.25, -0.2) is 10.1 Å². The summed E-state index contributed by atoms with van der Waals surface area (Å²) in [6.45, 7) is 2.84. The average Bonchev–Trinajstić information content (AvgIpc) is 3.18. The van der Waals surface area contributed by atoms with E-state index in [-0.39, 0.29) is 11.9 Å². The average molecular weight is 319 g/mol. The summed E-state index contributed by atoms with van der Waals surface area (Å²) in [5.74, 6) is 0.0695. The molecule has 2 aliphatic rings. The smallest absolute Gasteiger partial charge is 0.281 e. The lowest BCUT2D eigenvalue weighted by Crippen LogP contribution is -2.40. The number of aromatic nitrogens is 1. The second kappa shape index (κ2) is 6.69. The monoisotopic (exact) mass is 319 g/mol. The van der Waals surface area contributed by atoms with Crippen LogP contribution >= 0.6 is 0 Å². The van der Waals surface area contributed by atoms with Gasteiger partial charge in [0, 0.05) is 44.6 Å². The van der Waals surface area contributed by atoms with Gasteiger partial charge in [-0.15, -0.1) is 0 Å². The molecule has 0 saturated carbocycles. The molecule has 0 bridgehead atoms. The van der Waals surface area contributed by atoms with Crippen molar-refractivity contribution in [1.82, 2.24) is 14.8 Å². The number of amides is 1. The van der Waals surface area contributed by atoms with E-state index in [2.05, 4.69) is 10.1 Å². The number of hydrazone groups is 1. The molecule has 1 aromatic heterocycles.